The Kier molecular flexibility index (Phi) is 2.13. The van der Waals surface area contributed by atoms with Gasteiger partial charge in [-0.15, -0.1) is 0 Å². The molecule has 0 N–H and O–H groups in total. The number of carbonyl (C=O) groups is 1. The molecule has 1 saturated carbocycles. The second-order valence-corrected chi connectivity index (χ2v) is 3.34. The molecule has 2 rings (SSSR count). The molecule has 1 aliphatic carbocycles. The molecule has 1 aliphatic rings. The number of methoxy groups -OCH3 is 1. The normalized spacial score (nSPS) is 22.2. The molecule has 0 saturated heterocycles. The van der Waals surface area contributed by atoms with Gasteiger partial charge >= 0.3 is 5.97 Å². The minimum Gasteiger partial charge on any atom is -0.465 e. The highest BCUT2D eigenvalue weighted by Gasteiger charge is 2.59. The van der Waals surface area contributed by atoms with E-state index in [1.807, 2.05) is 0 Å². The minimum atomic E-state index is -2.69. The summed E-state index contributed by atoms with van der Waals surface area (Å²) in [6.07, 6.45) is 2.18. The first-order valence-electron chi connectivity index (χ1n) is 4.32. The number of ether oxygens (including phenoxy) is 1. The molecular weight excluding hydrogens is 206 g/mol. The van der Waals surface area contributed by atoms with Crippen molar-refractivity contribution in [2.24, 2.45) is 0 Å². The molecule has 0 bridgehead atoms. The van der Waals surface area contributed by atoms with Gasteiger partial charge < -0.3 is 4.74 Å². The molecule has 0 amide bonds. The van der Waals surface area contributed by atoms with E-state index < -0.39 is 17.8 Å². The van der Waals surface area contributed by atoms with Crippen LogP contribution in [-0.4, -0.2) is 29.0 Å². The third-order valence-corrected chi connectivity index (χ3v) is 2.23. The van der Waals surface area contributed by atoms with Crippen molar-refractivity contribution < 1.29 is 18.3 Å². The van der Waals surface area contributed by atoms with Gasteiger partial charge in [0.2, 0.25) is 0 Å². The van der Waals surface area contributed by atoms with Crippen molar-refractivity contribution in [2.75, 3.05) is 7.11 Å². The highest BCUT2D eigenvalue weighted by Crippen LogP contribution is 2.54. The number of hydrogen-bond donors (Lipinski definition) is 0. The van der Waals surface area contributed by atoms with E-state index in [9.17, 15) is 13.6 Å². The molecule has 1 aromatic heterocycles. The molecular formula is C9H8F2N2O2. The average Bonchev–Trinajstić information content (AvgIpc) is 2.87. The van der Waals surface area contributed by atoms with Crippen molar-refractivity contribution in [3.63, 3.8) is 0 Å². The summed E-state index contributed by atoms with van der Waals surface area (Å²) < 4.78 is 29.7. The number of nitrogens with zero attached hydrogens (tertiary/aromatic N) is 2. The summed E-state index contributed by atoms with van der Waals surface area (Å²) in [6, 6.07) is 0. The van der Waals surface area contributed by atoms with Gasteiger partial charge in [-0.1, -0.05) is 0 Å². The predicted molar refractivity (Wildman–Crippen MR) is 45.7 cm³/mol. The Morgan fingerprint density at radius 1 is 1.53 bits per heavy atom. The van der Waals surface area contributed by atoms with Crippen LogP contribution in [0.3, 0.4) is 0 Å². The lowest BCUT2D eigenvalue weighted by molar-refractivity contribution is 0.0599. The van der Waals surface area contributed by atoms with Crippen LogP contribution in [0.15, 0.2) is 12.4 Å². The Balaban J connectivity index is 2.15. The van der Waals surface area contributed by atoms with Gasteiger partial charge in [0.1, 0.15) is 5.82 Å². The molecule has 1 atom stereocenters. The molecule has 80 valence electrons. The molecule has 1 fully saturated rings. The topological polar surface area (TPSA) is 52.1 Å². The van der Waals surface area contributed by atoms with Crippen molar-refractivity contribution in [3.8, 4) is 0 Å². The van der Waals surface area contributed by atoms with Gasteiger partial charge in [-0.05, 0) is 0 Å². The summed E-state index contributed by atoms with van der Waals surface area (Å²) >= 11 is 0. The number of rotatable bonds is 2. The molecule has 0 aliphatic heterocycles. The monoisotopic (exact) mass is 214 g/mol. The fraction of sp³-hybridized carbons (Fsp3) is 0.444. The number of halogens is 2. The zero-order chi connectivity index (χ0) is 11.1. The van der Waals surface area contributed by atoms with Crippen LogP contribution in [-0.2, 0) is 4.74 Å². The molecule has 1 unspecified atom stereocenters. The van der Waals surface area contributed by atoms with Crippen LogP contribution in [0.5, 0.6) is 0 Å². The molecule has 0 radical (unpaired) electrons. The highest BCUT2D eigenvalue weighted by molar-refractivity contribution is 5.88. The summed E-state index contributed by atoms with van der Waals surface area (Å²) in [5, 5.41) is 0. The molecule has 6 heteroatoms. The van der Waals surface area contributed by atoms with Gasteiger partial charge in [0.25, 0.3) is 5.92 Å². The maximum Gasteiger partial charge on any atom is 0.341 e. The van der Waals surface area contributed by atoms with Gasteiger partial charge in [0.05, 0.1) is 18.6 Å². The lowest BCUT2D eigenvalue weighted by Gasteiger charge is -2.00. The van der Waals surface area contributed by atoms with Crippen LogP contribution in [0.25, 0.3) is 0 Å². The summed E-state index contributed by atoms with van der Waals surface area (Å²) in [6.45, 7) is 0. The summed E-state index contributed by atoms with van der Waals surface area (Å²) in [5.74, 6) is -4.09. The third-order valence-electron chi connectivity index (χ3n) is 2.23. The smallest absolute Gasteiger partial charge is 0.341 e. The average molecular weight is 214 g/mol. The van der Waals surface area contributed by atoms with Gasteiger partial charge in [-0.25, -0.2) is 23.5 Å². The molecule has 1 aromatic rings. The van der Waals surface area contributed by atoms with Crippen LogP contribution in [0, 0.1) is 0 Å². The number of esters is 1. The minimum absolute atomic E-state index is 0.0765. The fourth-order valence-corrected chi connectivity index (χ4v) is 1.23. The van der Waals surface area contributed by atoms with E-state index in [-0.39, 0.29) is 17.8 Å². The lowest BCUT2D eigenvalue weighted by Crippen LogP contribution is -2.05. The van der Waals surface area contributed by atoms with Crippen LogP contribution >= 0.6 is 0 Å². The van der Waals surface area contributed by atoms with Gasteiger partial charge in [-0.2, -0.15) is 0 Å². The zero-order valence-electron chi connectivity index (χ0n) is 7.91. The van der Waals surface area contributed by atoms with Crippen LogP contribution in [0.2, 0.25) is 0 Å². The summed E-state index contributed by atoms with van der Waals surface area (Å²) in [4.78, 5) is 18.4. The first-order chi connectivity index (χ1) is 7.04. The fourth-order valence-electron chi connectivity index (χ4n) is 1.23. The van der Waals surface area contributed by atoms with E-state index in [0.717, 1.165) is 0 Å². The number of carbonyl (C=O) groups excluding carboxylic acids is 1. The SMILES string of the molecule is COC(=O)c1cnc(C2CC2(F)F)nc1. The predicted octanol–water partition coefficient (Wildman–Crippen LogP) is 1.39. The van der Waals surface area contributed by atoms with E-state index in [2.05, 4.69) is 14.7 Å². The van der Waals surface area contributed by atoms with Crippen molar-refractivity contribution in [3.05, 3.63) is 23.8 Å². The Bertz CT molecular complexity index is 392. The quantitative estimate of drug-likeness (QED) is 0.698. The molecule has 0 aromatic carbocycles. The summed E-state index contributed by atoms with van der Waals surface area (Å²) in [7, 11) is 1.23. The first kappa shape index (κ1) is 9.95. The van der Waals surface area contributed by atoms with E-state index in [1.54, 1.807) is 0 Å². The van der Waals surface area contributed by atoms with Gasteiger partial charge in [0, 0.05) is 18.8 Å². The number of aromatic nitrogens is 2. The molecule has 1 heterocycles. The van der Waals surface area contributed by atoms with E-state index >= 15 is 0 Å². The van der Waals surface area contributed by atoms with E-state index in [4.69, 9.17) is 0 Å². The third kappa shape index (κ3) is 1.79. The summed E-state index contributed by atoms with van der Waals surface area (Å²) in [5.41, 5.74) is 0.158. The first-order valence-corrected chi connectivity index (χ1v) is 4.32. The molecule has 15 heavy (non-hydrogen) atoms. The highest BCUT2D eigenvalue weighted by atomic mass is 19.3. The van der Waals surface area contributed by atoms with Crippen molar-refractivity contribution >= 4 is 5.97 Å². The maximum absolute atomic E-state index is 12.6. The van der Waals surface area contributed by atoms with Crippen LogP contribution < -0.4 is 0 Å². The number of hydrogen-bond acceptors (Lipinski definition) is 4. The number of alkyl halides is 2. The van der Waals surface area contributed by atoms with Crippen molar-refractivity contribution in [1.29, 1.82) is 0 Å². The zero-order valence-corrected chi connectivity index (χ0v) is 7.91. The van der Waals surface area contributed by atoms with Gasteiger partial charge in [-0.3, -0.25) is 0 Å². The van der Waals surface area contributed by atoms with Crippen molar-refractivity contribution in [1.82, 2.24) is 9.97 Å². The van der Waals surface area contributed by atoms with E-state index in [0.29, 0.717) is 0 Å². The second-order valence-electron chi connectivity index (χ2n) is 3.34. The van der Waals surface area contributed by atoms with E-state index in [1.165, 1.54) is 19.5 Å². The van der Waals surface area contributed by atoms with Crippen LogP contribution in [0.4, 0.5) is 8.78 Å². The maximum atomic E-state index is 12.6. The Labute approximate surface area is 84.3 Å². The van der Waals surface area contributed by atoms with Crippen molar-refractivity contribution in [2.45, 2.75) is 18.3 Å². The molecule has 4 nitrogen and oxygen atoms in total. The second kappa shape index (κ2) is 3.22. The Morgan fingerprint density at radius 3 is 2.47 bits per heavy atom. The largest absolute Gasteiger partial charge is 0.465 e. The Morgan fingerprint density at radius 2 is 2.07 bits per heavy atom. The van der Waals surface area contributed by atoms with Gasteiger partial charge in [0.15, 0.2) is 0 Å². The lowest BCUT2D eigenvalue weighted by atomic mass is 10.3. The van der Waals surface area contributed by atoms with Crippen LogP contribution in [0.1, 0.15) is 28.5 Å². The molecule has 0 spiro atoms. The standard InChI is InChI=1S/C9H8F2N2O2/c1-15-8(14)5-3-12-7(13-4-5)6-2-9(6,10)11/h3-4,6H,2H2,1H3. The Hall–Kier alpha value is -1.59.